The first kappa shape index (κ1) is 19.4. The van der Waals surface area contributed by atoms with E-state index in [1.54, 1.807) is 20.8 Å². The molecule has 1 aromatic heterocycles. The smallest absolute Gasteiger partial charge is 0.407 e. The van der Waals surface area contributed by atoms with Gasteiger partial charge in [-0.05, 0) is 32.9 Å². The predicted octanol–water partition coefficient (Wildman–Crippen LogP) is 2.33. The molecule has 0 spiro atoms. The van der Waals surface area contributed by atoms with Gasteiger partial charge in [-0.3, -0.25) is 9.59 Å². The fraction of sp³-hybridized carbons (Fsp3) is 0.316. The Bertz CT molecular complexity index is 969. The maximum Gasteiger partial charge on any atom is 0.407 e. The molecule has 0 fully saturated rings. The van der Waals surface area contributed by atoms with Crippen molar-refractivity contribution in [3.8, 4) is 0 Å². The lowest BCUT2D eigenvalue weighted by molar-refractivity contribution is 0.0529. The molecule has 1 aliphatic carbocycles. The van der Waals surface area contributed by atoms with E-state index in [0.717, 1.165) is 6.07 Å². The minimum atomic E-state index is -0.804. The van der Waals surface area contributed by atoms with E-state index in [-0.39, 0.29) is 41.3 Å². The van der Waals surface area contributed by atoms with Gasteiger partial charge in [-0.1, -0.05) is 0 Å². The summed E-state index contributed by atoms with van der Waals surface area (Å²) in [6.45, 7) is 5.67. The van der Waals surface area contributed by atoms with Crippen molar-refractivity contribution in [2.45, 2.75) is 26.4 Å². The number of ketones is 2. The molecule has 2 N–H and O–H groups in total. The quantitative estimate of drug-likeness (QED) is 0.662. The summed E-state index contributed by atoms with van der Waals surface area (Å²) < 4.78 is 19.4. The lowest BCUT2D eigenvalue weighted by Crippen LogP contribution is -2.35. The van der Waals surface area contributed by atoms with Gasteiger partial charge in [-0.2, -0.15) is 0 Å². The van der Waals surface area contributed by atoms with Crippen molar-refractivity contribution in [1.82, 2.24) is 15.3 Å². The van der Waals surface area contributed by atoms with Crippen molar-refractivity contribution >= 4 is 23.3 Å². The van der Waals surface area contributed by atoms with Gasteiger partial charge in [0.15, 0.2) is 0 Å². The van der Waals surface area contributed by atoms with Crippen molar-refractivity contribution in [1.29, 1.82) is 0 Å². The van der Waals surface area contributed by atoms with Crippen LogP contribution in [0.1, 0.15) is 52.9 Å². The highest BCUT2D eigenvalue weighted by atomic mass is 19.1. The van der Waals surface area contributed by atoms with Crippen LogP contribution >= 0.6 is 0 Å². The monoisotopic (exact) mass is 386 g/mol. The molecule has 1 heterocycles. The second-order valence-electron chi connectivity index (χ2n) is 7.11. The third-order valence-corrected chi connectivity index (χ3v) is 3.85. The van der Waals surface area contributed by atoms with Crippen LogP contribution in [0.2, 0.25) is 0 Å². The third-order valence-electron chi connectivity index (χ3n) is 3.85. The molecule has 1 aliphatic rings. The molecule has 0 bridgehead atoms. The van der Waals surface area contributed by atoms with E-state index in [1.165, 1.54) is 18.5 Å². The summed E-state index contributed by atoms with van der Waals surface area (Å²) in [4.78, 5) is 44.8. The number of hydrogen-bond donors (Lipinski definition) is 2. The van der Waals surface area contributed by atoms with Crippen molar-refractivity contribution in [3.05, 3.63) is 52.9 Å². The first-order valence-corrected chi connectivity index (χ1v) is 8.62. The Morgan fingerprint density at radius 1 is 1.04 bits per heavy atom. The number of halogens is 1. The Kier molecular flexibility index (Phi) is 5.08. The number of amides is 1. The normalized spacial score (nSPS) is 12.9. The summed E-state index contributed by atoms with van der Waals surface area (Å²) in [6.07, 6.45) is 2.00. The molecule has 0 radical (unpaired) electrons. The Labute approximate surface area is 160 Å². The molecule has 0 atom stereocenters. The van der Waals surface area contributed by atoms with E-state index in [2.05, 4.69) is 20.6 Å². The summed E-state index contributed by atoms with van der Waals surface area (Å²) >= 11 is 0. The predicted molar refractivity (Wildman–Crippen MR) is 98.0 cm³/mol. The molecule has 0 aliphatic heterocycles. The number of benzene rings is 1. The SMILES string of the molecule is CC(C)(C)OC(=O)NCCNc1ccc(F)c2c1C(=O)c1nccnc1C2=O. The van der Waals surface area contributed by atoms with E-state index >= 15 is 0 Å². The molecule has 0 saturated carbocycles. The minimum Gasteiger partial charge on any atom is -0.444 e. The van der Waals surface area contributed by atoms with Crippen LogP contribution in [0.5, 0.6) is 0 Å². The highest BCUT2D eigenvalue weighted by Gasteiger charge is 2.36. The molecular formula is C19H19FN4O4. The molecular weight excluding hydrogens is 367 g/mol. The summed E-state index contributed by atoms with van der Waals surface area (Å²) in [5.41, 5.74) is -1.03. The fourth-order valence-electron chi connectivity index (χ4n) is 2.77. The van der Waals surface area contributed by atoms with E-state index in [1.807, 2.05) is 0 Å². The lowest BCUT2D eigenvalue weighted by Gasteiger charge is -2.21. The molecule has 0 saturated heterocycles. The van der Waals surface area contributed by atoms with Crippen molar-refractivity contribution < 1.29 is 23.5 Å². The van der Waals surface area contributed by atoms with Gasteiger partial charge in [0, 0.05) is 31.2 Å². The molecule has 1 amide bonds. The Morgan fingerprint density at radius 2 is 1.64 bits per heavy atom. The van der Waals surface area contributed by atoms with Crippen LogP contribution in [0.4, 0.5) is 14.9 Å². The summed E-state index contributed by atoms with van der Waals surface area (Å²) in [6, 6.07) is 2.48. The first-order valence-electron chi connectivity index (χ1n) is 8.62. The number of alkyl carbamates (subject to hydrolysis) is 1. The van der Waals surface area contributed by atoms with E-state index in [4.69, 9.17) is 4.74 Å². The van der Waals surface area contributed by atoms with Crippen LogP contribution in [0.3, 0.4) is 0 Å². The zero-order valence-corrected chi connectivity index (χ0v) is 15.6. The first-order chi connectivity index (χ1) is 13.2. The van der Waals surface area contributed by atoms with E-state index in [0.29, 0.717) is 0 Å². The van der Waals surface area contributed by atoms with E-state index < -0.39 is 29.1 Å². The number of nitrogens with one attached hydrogen (secondary N) is 2. The lowest BCUT2D eigenvalue weighted by atomic mass is 9.88. The van der Waals surface area contributed by atoms with Gasteiger partial charge in [-0.15, -0.1) is 0 Å². The zero-order valence-electron chi connectivity index (χ0n) is 15.6. The molecule has 3 rings (SSSR count). The van der Waals surface area contributed by atoms with Crippen LogP contribution < -0.4 is 10.6 Å². The van der Waals surface area contributed by atoms with Crippen molar-refractivity contribution in [2.75, 3.05) is 18.4 Å². The number of aromatic nitrogens is 2. The number of carbonyl (C=O) groups is 3. The summed E-state index contributed by atoms with van der Waals surface area (Å²) in [7, 11) is 0. The van der Waals surface area contributed by atoms with Crippen LogP contribution in [0, 0.1) is 5.82 Å². The van der Waals surface area contributed by atoms with Crippen molar-refractivity contribution in [2.24, 2.45) is 0 Å². The number of rotatable bonds is 4. The Balaban J connectivity index is 1.77. The van der Waals surface area contributed by atoms with Gasteiger partial charge in [0.2, 0.25) is 11.6 Å². The highest BCUT2D eigenvalue weighted by Crippen LogP contribution is 2.31. The van der Waals surface area contributed by atoms with Gasteiger partial charge >= 0.3 is 6.09 Å². The van der Waals surface area contributed by atoms with E-state index in [9.17, 15) is 18.8 Å². The topological polar surface area (TPSA) is 110 Å². The third kappa shape index (κ3) is 3.83. The van der Waals surface area contributed by atoms with Gasteiger partial charge in [0.1, 0.15) is 22.8 Å². The van der Waals surface area contributed by atoms with Crippen LogP contribution in [0.15, 0.2) is 24.5 Å². The molecule has 146 valence electrons. The molecule has 9 heteroatoms. The fourth-order valence-corrected chi connectivity index (χ4v) is 2.77. The Hall–Kier alpha value is -3.36. The van der Waals surface area contributed by atoms with Crippen LogP contribution in [-0.2, 0) is 4.74 Å². The number of anilines is 1. The van der Waals surface area contributed by atoms with Gasteiger partial charge in [0.25, 0.3) is 0 Å². The highest BCUT2D eigenvalue weighted by molar-refractivity contribution is 6.28. The molecule has 0 unspecified atom stereocenters. The number of hydrogen-bond acceptors (Lipinski definition) is 7. The largest absolute Gasteiger partial charge is 0.444 e. The minimum absolute atomic E-state index is 0.0877. The van der Waals surface area contributed by atoms with Crippen LogP contribution in [0.25, 0.3) is 0 Å². The Morgan fingerprint density at radius 3 is 2.25 bits per heavy atom. The zero-order chi connectivity index (χ0) is 20.5. The maximum atomic E-state index is 14.3. The molecule has 2 aromatic rings. The number of fused-ring (bicyclic) bond motifs is 2. The van der Waals surface area contributed by atoms with Crippen molar-refractivity contribution in [3.63, 3.8) is 0 Å². The van der Waals surface area contributed by atoms with Gasteiger partial charge in [-0.25, -0.2) is 19.2 Å². The molecule has 8 nitrogen and oxygen atoms in total. The average Bonchev–Trinajstić information content (AvgIpc) is 2.62. The summed E-state index contributed by atoms with van der Waals surface area (Å²) in [5.74, 6) is -2.08. The summed E-state index contributed by atoms with van der Waals surface area (Å²) in [5, 5.41) is 5.51. The molecule has 1 aromatic carbocycles. The average molecular weight is 386 g/mol. The van der Waals surface area contributed by atoms with Crippen LogP contribution in [-0.4, -0.2) is 46.3 Å². The second-order valence-corrected chi connectivity index (χ2v) is 7.11. The van der Waals surface area contributed by atoms with Gasteiger partial charge in [0.05, 0.1) is 11.1 Å². The molecule has 28 heavy (non-hydrogen) atoms. The second kappa shape index (κ2) is 7.34. The maximum absolute atomic E-state index is 14.3. The standard InChI is InChI=1S/C19H19FN4O4/c1-19(2,3)28-18(27)24-9-6-21-11-5-4-10(20)12-13(11)17(26)15-14(16(12)25)22-7-8-23-15/h4-5,7-8,21H,6,9H2,1-3H3,(H,24,27). The number of nitrogens with zero attached hydrogens (tertiary/aromatic N) is 2. The number of ether oxygens (including phenoxy) is 1. The number of carbonyl (C=O) groups excluding carboxylic acids is 3. The van der Waals surface area contributed by atoms with Gasteiger partial charge < -0.3 is 15.4 Å².